The molecule has 0 saturated carbocycles. The lowest BCUT2D eigenvalue weighted by atomic mass is 10.3. The van der Waals surface area contributed by atoms with Crippen LogP contribution in [-0.4, -0.2) is 19.6 Å². The zero-order valence-electron chi connectivity index (χ0n) is 7.75. The van der Waals surface area contributed by atoms with Crippen molar-refractivity contribution in [1.29, 1.82) is 0 Å². The molecular formula is C9H8N4OS. The smallest absolute Gasteiger partial charge is 0.272 e. The summed E-state index contributed by atoms with van der Waals surface area (Å²) >= 11 is 1.01. The minimum atomic E-state index is -0.227. The first-order chi connectivity index (χ1) is 7.36. The van der Waals surface area contributed by atoms with E-state index in [0.717, 1.165) is 17.4 Å². The molecule has 0 unspecified atom stereocenters. The topological polar surface area (TPSA) is 67.8 Å². The number of carbonyl (C=O) groups excluding carboxylic acids is 1. The van der Waals surface area contributed by atoms with E-state index in [0.29, 0.717) is 12.2 Å². The summed E-state index contributed by atoms with van der Waals surface area (Å²) in [5.41, 5.74) is 1.16. The van der Waals surface area contributed by atoms with Gasteiger partial charge in [-0.2, -0.15) is 8.75 Å². The summed E-state index contributed by atoms with van der Waals surface area (Å²) in [6.07, 6.45) is 3.13. The first-order valence-corrected chi connectivity index (χ1v) is 5.05. The fraction of sp³-hybridized carbons (Fsp3) is 0.111. The number of hydrogen-bond acceptors (Lipinski definition) is 5. The molecule has 1 N–H and O–H groups in total. The fourth-order valence-electron chi connectivity index (χ4n) is 1.03. The highest BCUT2D eigenvalue weighted by molar-refractivity contribution is 6.99. The highest BCUT2D eigenvalue weighted by Crippen LogP contribution is 1.96. The van der Waals surface area contributed by atoms with Crippen LogP contribution in [0.4, 0.5) is 0 Å². The molecule has 0 aliphatic carbocycles. The first kappa shape index (κ1) is 9.72. The van der Waals surface area contributed by atoms with Gasteiger partial charge in [0.05, 0.1) is 30.2 Å². The number of pyridine rings is 1. The Labute approximate surface area is 90.5 Å². The van der Waals surface area contributed by atoms with Crippen LogP contribution < -0.4 is 5.32 Å². The molecule has 0 spiro atoms. The van der Waals surface area contributed by atoms with Gasteiger partial charge in [0.1, 0.15) is 0 Å². The molecular weight excluding hydrogens is 212 g/mol. The van der Waals surface area contributed by atoms with Crippen LogP contribution in [0.2, 0.25) is 0 Å². The molecule has 2 aromatic rings. The van der Waals surface area contributed by atoms with E-state index >= 15 is 0 Å². The van der Waals surface area contributed by atoms with Crippen molar-refractivity contribution in [1.82, 2.24) is 19.0 Å². The molecule has 76 valence electrons. The molecule has 6 heteroatoms. The third-order valence-corrected chi connectivity index (χ3v) is 2.23. The Bertz CT molecular complexity index is 429. The van der Waals surface area contributed by atoms with Gasteiger partial charge in [-0.1, -0.05) is 6.07 Å². The third kappa shape index (κ3) is 2.57. The Balaban J connectivity index is 1.92. The van der Waals surface area contributed by atoms with Gasteiger partial charge >= 0.3 is 0 Å². The lowest BCUT2D eigenvalue weighted by Gasteiger charge is -2.01. The number of nitrogens with one attached hydrogen (secondary N) is 1. The van der Waals surface area contributed by atoms with Gasteiger partial charge in [0, 0.05) is 6.20 Å². The maximum absolute atomic E-state index is 11.4. The Hall–Kier alpha value is -1.82. The number of aromatic nitrogens is 3. The van der Waals surface area contributed by atoms with Crippen molar-refractivity contribution < 1.29 is 4.79 Å². The van der Waals surface area contributed by atoms with Crippen LogP contribution in [0.25, 0.3) is 0 Å². The predicted molar refractivity (Wildman–Crippen MR) is 55.3 cm³/mol. The molecule has 0 aliphatic rings. The first-order valence-electron chi connectivity index (χ1n) is 4.32. The quantitative estimate of drug-likeness (QED) is 0.833. The van der Waals surface area contributed by atoms with Crippen molar-refractivity contribution in [2.24, 2.45) is 0 Å². The maximum Gasteiger partial charge on any atom is 0.272 e. The summed E-state index contributed by atoms with van der Waals surface area (Å²) in [6.45, 7) is 0.400. The van der Waals surface area contributed by atoms with E-state index in [-0.39, 0.29) is 5.91 Å². The van der Waals surface area contributed by atoms with E-state index in [1.54, 1.807) is 6.20 Å². The molecule has 0 radical (unpaired) electrons. The number of carbonyl (C=O) groups is 1. The molecule has 0 atom stereocenters. The van der Waals surface area contributed by atoms with Gasteiger partial charge in [-0.05, 0) is 12.1 Å². The average molecular weight is 220 g/mol. The Kier molecular flexibility index (Phi) is 2.99. The number of amides is 1. The summed E-state index contributed by atoms with van der Waals surface area (Å²) in [4.78, 5) is 15.5. The van der Waals surface area contributed by atoms with Gasteiger partial charge in [-0.3, -0.25) is 9.78 Å². The Morgan fingerprint density at radius 2 is 2.40 bits per heavy atom. The second-order valence-electron chi connectivity index (χ2n) is 2.80. The average Bonchev–Trinajstić information content (AvgIpc) is 2.81. The van der Waals surface area contributed by atoms with Crippen LogP contribution in [0.1, 0.15) is 16.2 Å². The minimum Gasteiger partial charge on any atom is -0.345 e. The van der Waals surface area contributed by atoms with Gasteiger partial charge in [0.15, 0.2) is 5.69 Å². The van der Waals surface area contributed by atoms with Crippen LogP contribution in [0, 0.1) is 0 Å². The third-order valence-electron chi connectivity index (χ3n) is 1.75. The summed E-state index contributed by atoms with van der Waals surface area (Å²) in [6, 6.07) is 5.55. The van der Waals surface area contributed by atoms with Crippen molar-refractivity contribution in [3.8, 4) is 0 Å². The van der Waals surface area contributed by atoms with Crippen LogP contribution in [0.5, 0.6) is 0 Å². The molecule has 0 fully saturated rings. The van der Waals surface area contributed by atoms with E-state index in [2.05, 4.69) is 19.0 Å². The molecule has 5 nitrogen and oxygen atoms in total. The molecule has 0 aromatic carbocycles. The summed E-state index contributed by atoms with van der Waals surface area (Å²) < 4.78 is 7.58. The number of nitrogens with zero attached hydrogens (tertiary/aromatic N) is 3. The summed E-state index contributed by atoms with van der Waals surface area (Å²) in [5.74, 6) is -0.227. The monoisotopic (exact) mass is 220 g/mol. The molecule has 2 rings (SSSR count). The summed E-state index contributed by atoms with van der Waals surface area (Å²) in [5, 5.41) is 2.70. The standard InChI is InChI=1S/C9H8N4OS/c14-9(8-6-12-15-13-8)11-5-7-3-1-2-4-10-7/h1-4,6H,5H2,(H,11,14). The van der Waals surface area contributed by atoms with Gasteiger partial charge in [-0.25, -0.2) is 0 Å². The van der Waals surface area contributed by atoms with E-state index in [1.807, 2.05) is 18.2 Å². The molecule has 2 aromatic heterocycles. The molecule has 15 heavy (non-hydrogen) atoms. The highest BCUT2D eigenvalue weighted by Gasteiger charge is 2.07. The highest BCUT2D eigenvalue weighted by atomic mass is 32.1. The van der Waals surface area contributed by atoms with E-state index in [9.17, 15) is 4.79 Å². The second kappa shape index (κ2) is 4.61. The number of hydrogen-bond donors (Lipinski definition) is 1. The molecule has 1 amide bonds. The lowest BCUT2D eigenvalue weighted by Crippen LogP contribution is -2.23. The van der Waals surface area contributed by atoms with Crippen LogP contribution in [0.15, 0.2) is 30.6 Å². The lowest BCUT2D eigenvalue weighted by molar-refractivity contribution is 0.0946. The van der Waals surface area contributed by atoms with E-state index in [1.165, 1.54) is 6.20 Å². The largest absolute Gasteiger partial charge is 0.345 e. The van der Waals surface area contributed by atoms with Crippen molar-refractivity contribution in [2.45, 2.75) is 6.54 Å². The van der Waals surface area contributed by atoms with Gasteiger partial charge in [-0.15, -0.1) is 0 Å². The minimum absolute atomic E-state index is 0.227. The van der Waals surface area contributed by atoms with Gasteiger partial charge in [0.25, 0.3) is 5.91 Å². The van der Waals surface area contributed by atoms with Crippen molar-refractivity contribution in [3.05, 3.63) is 42.0 Å². The van der Waals surface area contributed by atoms with Crippen molar-refractivity contribution >= 4 is 17.6 Å². The second-order valence-corrected chi connectivity index (χ2v) is 3.35. The Morgan fingerprint density at radius 3 is 3.07 bits per heavy atom. The summed E-state index contributed by atoms with van der Waals surface area (Å²) in [7, 11) is 0. The van der Waals surface area contributed by atoms with Crippen molar-refractivity contribution in [2.75, 3.05) is 0 Å². The fourth-order valence-corrected chi connectivity index (χ4v) is 1.44. The predicted octanol–water partition coefficient (Wildman–Crippen LogP) is 0.863. The van der Waals surface area contributed by atoms with Gasteiger partial charge < -0.3 is 5.32 Å². The molecule has 2 heterocycles. The van der Waals surface area contributed by atoms with E-state index < -0.39 is 0 Å². The molecule has 0 bridgehead atoms. The zero-order chi connectivity index (χ0) is 10.5. The number of rotatable bonds is 3. The Morgan fingerprint density at radius 1 is 1.47 bits per heavy atom. The van der Waals surface area contributed by atoms with E-state index in [4.69, 9.17) is 0 Å². The molecule has 0 saturated heterocycles. The molecule has 0 aliphatic heterocycles. The zero-order valence-corrected chi connectivity index (χ0v) is 8.57. The van der Waals surface area contributed by atoms with Crippen molar-refractivity contribution in [3.63, 3.8) is 0 Å². The van der Waals surface area contributed by atoms with Crippen LogP contribution in [-0.2, 0) is 6.54 Å². The normalized spacial score (nSPS) is 9.87. The van der Waals surface area contributed by atoms with Gasteiger partial charge in [0.2, 0.25) is 0 Å². The maximum atomic E-state index is 11.4. The van der Waals surface area contributed by atoms with Crippen LogP contribution in [0.3, 0.4) is 0 Å². The SMILES string of the molecule is O=C(NCc1ccccn1)c1cnsn1. The van der Waals surface area contributed by atoms with Crippen LogP contribution >= 0.6 is 11.7 Å².